The van der Waals surface area contributed by atoms with Gasteiger partial charge in [0.05, 0.1) is 11.4 Å². The highest BCUT2D eigenvalue weighted by Gasteiger charge is 2.34. The molecule has 0 saturated carbocycles. The number of hydrogen-bond acceptors (Lipinski definition) is 4. The number of nitrogens with zero attached hydrogens (tertiary/aromatic N) is 1. The zero-order valence-corrected chi connectivity index (χ0v) is 13.3. The molecule has 0 bridgehead atoms. The van der Waals surface area contributed by atoms with E-state index >= 15 is 0 Å². The van der Waals surface area contributed by atoms with Crippen molar-refractivity contribution in [3.63, 3.8) is 0 Å². The molecule has 0 aromatic heterocycles. The van der Waals surface area contributed by atoms with Crippen LogP contribution in [-0.4, -0.2) is 23.8 Å². The number of hydrogen-bond donors (Lipinski definition) is 1. The second-order valence-corrected chi connectivity index (χ2v) is 5.48. The SMILES string of the molecule is CC(=O)Oc1ccc(C(=O)N2c3ccccc3NC(=O)[C@H]2C)cc1. The van der Waals surface area contributed by atoms with Crippen molar-refractivity contribution in [2.75, 3.05) is 10.2 Å². The van der Waals surface area contributed by atoms with Gasteiger partial charge in [0.1, 0.15) is 11.8 Å². The average molecular weight is 324 g/mol. The van der Waals surface area contributed by atoms with E-state index in [1.165, 1.54) is 11.8 Å². The molecule has 1 atom stereocenters. The number of para-hydroxylation sites is 2. The highest BCUT2D eigenvalue weighted by Crippen LogP contribution is 2.33. The van der Waals surface area contributed by atoms with E-state index < -0.39 is 12.0 Å². The number of fused-ring (bicyclic) bond motifs is 1. The number of rotatable bonds is 2. The normalized spacial score (nSPS) is 16.2. The molecule has 122 valence electrons. The molecule has 1 heterocycles. The molecule has 1 N–H and O–H groups in total. The number of ether oxygens (including phenoxy) is 1. The number of benzene rings is 2. The summed E-state index contributed by atoms with van der Waals surface area (Å²) < 4.78 is 4.96. The van der Waals surface area contributed by atoms with Crippen molar-refractivity contribution in [2.24, 2.45) is 0 Å². The summed E-state index contributed by atoms with van der Waals surface area (Å²) in [6.07, 6.45) is 0. The summed E-state index contributed by atoms with van der Waals surface area (Å²) in [6.45, 7) is 2.99. The van der Waals surface area contributed by atoms with Crippen LogP contribution in [0, 0.1) is 0 Å². The van der Waals surface area contributed by atoms with Crippen LogP contribution in [0.15, 0.2) is 48.5 Å². The highest BCUT2D eigenvalue weighted by molar-refractivity contribution is 6.16. The summed E-state index contributed by atoms with van der Waals surface area (Å²) in [6, 6.07) is 12.8. The van der Waals surface area contributed by atoms with Crippen LogP contribution in [0.2, 0.25) is 0 Å². The molecule has 0 spiro atoms. The fourth-order valence-corrected chi connectivity index (χ4v) is 2.61. The van der Waals surface area contributed by atoms with Crippen molar-refractivity contribution in [1.82, 2.24) is 0 Å². The van der Waals surface area contributed by atoms with Gasteiger partial charge in [0, 0.05) is 12.5 Å². The van der Waals surface area contributed by atoms with E-state index in [-0.39, 0.29) is 11.8 Å². The lowest BCUT2D eigenvalue weighted by atomic mass is 10.1. The van der Waals surface area contributed by atoms with E-state index in [4.69, 9.17) is 4.74 Å². The summed E-state index contributed by atoms with van der Waals surface area (Å²) in [5.41, 5.74) is 1.66. The summed E-state index contributed by atoms with van der Waals surface area (Å²) in [5.74, 6) is -0.592. The van der Waals surface area contributed by atoms with Gasteiger partial charge in [0.15, 0.2) is 0 Å². The minimum atomic E-state index is -0.624. The largest absolute Gasteiger partial charge is 0.427 e. The van der Waals surface area contributed by atoms with E-state index in [0.29, 0.717) is 22.7 Å². The summed E-state index contributed by atoms with van der Waals surface area (Å²) in [5, 5.41) is 2.79. The van der Waals surface area contributed by atoms with Gasteiger partial charge in [0.25, 0.3) is 5.91 Å². The van der Waals surface area contributed by atoms with Crippen molar-refractivity contribution in [3.05, 3.63) is 54.1 Å². The topological polar surface area (TPSA) is 75.7 Å². The van der Waals surface area contributed by atoms with E-state index in [2.05, 4.69) is 5.32 Å². The van der Waals surface area contributed by atoms with Crippen LogP contribution < -0.4 is 15.0 Å². The van der Waals surface area contributed by atoms with Crippen LogP contribution >= 0.6 is 0 Å². The number of nitrogens with one attached hydrogen (secondary N) is 1. The fourth-order valence-electron chi connectivity index (χ4n) is 2.61. The Morgan fingerprint density at radius 3 is 2.42 bits per heavy atom. The van der Waals surface area contributed by atoms with Crippen molar-refractivity contribution >= 4 is 29.2 Å². The van der Waals surface area contributed by atoms with Gasteiger partial charge in [-0.2, -0.15) is 0 Å². The highest BCUT2D eigenvalue weighted by atomic mass is 16.5. The molecular weight excluding hydrogens is 308 g/mol. The minimum absolute atomic E-state index is 0.237. The van der Waals surface area contributed by atoms with Gasteiger partial charge >= 0.3 is 5.97 Å². The van der Waals surface area contributed by atoms with Crippen LogP contribution in [-0.2, 0) is 9.59 Å². The first kappa shape index (κ1) is 15.7. The molecule has 24 heavy (non-hydrogen) atoms. The van der Waals surface area contributed by atoms with E-state index in [9.17, 15) is 14.4 Å². The second kappa shape index (κ2) is 6.16. The zero-order valence-electron chi connectivity index (χ0n) is 13.3. The smallest absolute Gasteiger partial charge is 0.308 e. The summed E-state index contributed by atoms with van der Waals surface area (Å²) in [7, 11) is 0. The second-order valence-electron chi connectivity index (χ2n) is 5.48. The molecular formula is C18H16N2O4. The van der Waals surface area contributed by atoms with Crippen LogP contribution in [0.3, 0.4) is 0 Å². The third kappa shape index (κ3) is 2.86. The maximum absolute atomic E-state index is 12.9. The lowest BCUT2D eigenvalue weighted by Crippen LogP contribution is -2.49. The summed E-state index contributed by atoms with van der Waals surface area (Å²) in [4.78, 5) is 37.4. The number of carbonyl (C=O) groups excluding carboxylic acids is 3. The molecule has 2 aromatic carbocycles. The van der Waals surface area contributed by atoms with Gasteiger partial charge in [-0.25, -0.2) is 0 Å². The van der Waals surface area contributed by atoms with Gasteiger partial charge in [0.2, 0.25) is 5.91 Å². The first-order valence-electron chi connectivity index (χ1n) is 7.49. The zero-order chi connectivity index (χ0) is 17.3. The van der Waals surface area contributed by atoms with Crippen LogP contribution in [0.4, 0.5) is 11.4 Å². The minimum Gasteiger partial charge on any atom is -0.427 e. The molecule has 6 nitrogen and oxygen atoms in total. The maximum Gasteiger partial charge on any atom is 0.308 e. The third-order valence-corrected chi connectivity index (χ3v) is 3.77. The Bertz CT molecular complexity index is 814. The Hall–Kier alpha value is -3.15. The molecule has 0 fully saturated rings. The Morgan fingerprint density at radius 2 is 1.75 bits per heavy atom. The molecule has 1 aliphatic heterocycles. The van der Waals surface area contributed by atoms with Gasteiger partial charge < -0.3 is 10.1 Å². The molecule has 0 radical (unpaired) electrons. The molecule has 3 rings (SSSR count). The molecule has 6 heteroatoms. The van der Waals surface area contributed by atoms with E-state index in [0.717, 1.165) is 0 Å². The molecule has 1 aliphatic rings. The monoisotopic (exact) mass is 324 g/mol. The first-order chi connectivity index (χ1) is 11.5. The average Bonchev–Trinajstić information content (AvgIpc) is 2.56. The Labute approximate surface area is 139 Å². The number of anilines is 2. The molecule has 0 aliphatic carbocycles. The Kier molecular flexibility index (Phi) is 4.04. The predicted molar refractivity (Wildman–Crippen MR) is 89.1 cm³/mol. The quantitative estimate of drug-likeness (QED) is 0.680. The molecule has 2 aromatic rings. The van der Waals surface area contributed by atoms with Gasteiger partial charge in [-0.1, -0.05) is 12.1 Å². The predicted octanol–water partition coefficient (Wildman–Crippen LogP) is 2.60. The van der Waals surface area contributed by atoms with Crippen LogP contribution in [0.25, 0.3) is 0 Å². The van der Waals surface area contributed by atoms with Gasteiger partial charge in [-0.3, -0.25) is 19.3 Å². The van der Waals surface area contributed by atoms with Gasteiger partial charge in [-0.15, -0.1) is 0 Å². The fraction of sp³-hybridized carbons (Fsp3) is 0.167. The Morgan fingerprint density at radius 1 is 1.08 bits per heavy atom. The first-order valence-corrected chi connectivity index (χ1v) is 7.49. The van der Waals surface area contributed by atoms with Crippen molar-refractivity contribution < 1.29 is 19.1 Å². The molecule has 0 saturated heterocycles. The lowest BCUT2D eigenvalue weighted by molar-refractivity contribution is -0.131. The number of amides is 2. The molecule has 0 unspecified atom stereocenters. The van der Waals surface area contributed by atoms with E-state index in [1.54, 1.807) is 49.4 Å². The number of carbonyl (C=O) groups is 3. The van der Waals surface area contributed by atoms with Crippen molar-refractivity contribution in [1.29, 1.82) is 0 Å². The maximum atomic E-state index is 12.9. The molecule has 2 amide bonds. The van der Waals surface area contributed by atoms with Crippen LogP contribution in [0.5, 0.6) is 5.75 Å². The van der Waals surface area contributed by atoms with E-state index in [1.807, 2.05) is 6.07 Å². The van der Waals surface area contributed by atoms with Crippen LogP contribution in [0.1, 0.15) is 24.2 Å². The van der Waals surface area contributed by atoms with Crippen molar-refractivity contribution in [2.45, 2.75) is 19.9 Å². The lowest BCUT2D eigenvalue weighted by Gasteiger charge is -2.34. The Balaban J connectivity index is 1.94. The van der Waals surface area contributed by atoms with Gasteiger partial charge in [-0.05, 0) is 43.3 Å². The third-order valence-electron chi connectivity index (χ3n) is 3.77. The standard InChI is InChI=1S/C18H16N2O4/c1-11-17(22)19-15-5-3-4-6-16(15)20(11)18(23)13-7-9-14(10-8-13)24-12(2)21/h3-11H,1-2H3,(H,19,22)/t11-/m1/s1. The van der Waals surface area contributed by atoms with Crippen molar-refractivity contribution in [3.8, 4) is 5.75 Å². The summed E-state index contributed by atoms with van der Waals surface area (Å²) >= 11 is 0. The number of esters is 1.